The Kier molecular flexibility index (Phi) is 2.33. The van der Waals surface area contributed by atoms with Gasteiger partial charge in [-0.2, -0.15) is 0 Å². The van der Waals surface area contributed by atoms with E-state index in [1.165, 1.54) is 0 Å². The Hall–Kier alpha value is 0.210. The summed E-state index contributed by atoms with van der Waals surface area (Å²) in [6.07, 6.45) is 1.01. The van der Waals surface area contributed by atoms with Crippen LogP contribution in [-0.2, 0) is 0 Å². The van der Waals surface area contributed by atoms with Crippen molar-refractivity contribution < 1.29 is 0 Å². The Bertz CT molecular complexity index is 95.1. The van der Waals surface area contributed by atoms with E-state index in [9.17, 15) is 0 Å². The lowest BCUT2D eigenvalue weighted by molar-refractivity contribution is 0.482. The van der Waals surface area contributed by atoms with Crippen molar-refractivity contribution in [2.24, 2.45) is 11.7 Å². The highest BCUT2D eigenvalue weighted by Crippen LogP contribution is 2.18. The summed E-state index contributed by atoms with van der Waals surface area (Å²) in [5, 5.41) is 3.14. The van der Waals surface area contributed by atoms with Gasteiger partial charge in [0.1, 0.15) is 0 Å². The van der Waals surface area contributed by atoms with Gasteiger partial charge in [0.15, 0.2) is 0 Å². The highest BCUT2D eigenvalue weighted by Gasteiger charge is 2.24. The Labute approximate surface area is 60.8 Å². The fourth-order valence-corrected chi connectivity index (χ4v) is 1.43. The molecule has 54 valence electrons. The average molecular weight is 149 g/mol. The van der Waals surface area contributed by atoms with Crippen LogP contribution in [-0.4, -0.2) is 18.1 Å². The largest absolute Gasteiger partial charge is 0.328 e. The van der Waals surface area contributed by atoms with Gasteiger partial charge in [-0.05, 0) is 19.3 Å². The number of nitrogens with two attached hydrogens (primary N) is 1. The van der Waals surface area contributed by atoms with Gasteiger partial charge in [-0.1, -0.05) is 0 Å². The molecule has 0 aromatic carbocycles. The fraction of sp³-hybridized carbons (Fsp3) is 1.00. The van der Waals surface area contributed by atoms with Gasteiger partial charge in [0.2, 0.25) is 0 Å². The van der Waals surface area contributed by atoms with Crippen LogP contribution in [0.1, 0.15) is 13.3 Å². The normalized spacial score (nSPS) is 39.0. The molecule has 1 fully saturated rings. The van der Waals surface area contributed by atoms with Crippen LogP contribution in [0, 0.1) is 5.92 Å². The van der Waals surface area contributed by atoms with E-state index in [1.54, 1.807) is 0 Å². The molecule has 3 unspecified atom stereocenters. The Morgan fingerprint density at radius 3 is 2.67 bits per heavy atom. The topological polar surface area (TPSA) is 38.0 Å². The van der Waals surface area contributed by atoms with Crippen molar-refractivity contribution in [2.75, 3.05) is 6.54 Å². The molecule has 1 aliphatic rings. The van der Waals surface area contributed by atoms with Gasteiger partial charge in [0, 0.05) is 12.6 Å². The number of alkyl halides is 1. The molecule has 9 heavy (non-hydrogen) atoms. The SMILES string of the molecule is CC(N)C1CNC(Cl)C1. The third-order valence-corrected chi connectivity index (χ3v) is 2.19. The number of hydrogen-bond acceptors (Lipinski definition) is 2. The third kappa shape index (κ3) is 1.81. The smallest absolute Gasteiger partial charge is 0.0829 e. The van der Waals surface area contributed by atoms with Gasteiger partial charge in [-0.3, -0.25) is 0 Å². The van der Waals surface area contributed by atoms with Gasteiger partial charge >= 0.3 is 0 Å². The number of nitrogens with one attached hydrogen (secondary N) is 1. The highest BCUT2D eigenvalue weighted by atomic mass is 35.5. The summed E-state index contributed by atoms with van der Waals surface area (Å²) >= 11 is 5.78. The zero-order chi connectivity index (χ0) is 6.85. The van der Waals surface area contributed by atoms with E-state index in [2.05, 4.69) is 5.32 Å². The molecule has 0 amide bonds. The highest BCUT2D eigenvalue weighted by molar-refractivity contribution is 6.20. The summed E-state index contributed by atoms with van der Waals surface area (Å²) in [6, 6.07) is 0.279. The second-order valence-electron chi connectivity index (χ2n) is 2.73. The molecule has 0 aromatic heterocycles. The van der Waals surface area contributed by atoms with Gasteiger partial charge < -0.3 is 11.1 Å². The number of rotatable bonds is 1. The molecular weight excluding hydrogens is 136 g/mol. The van der Waals surface area contributed by atoms with Crippen LogP contribution in [0.15, 0.2) is 0 Å². The van der Waals surface area contributed by atoms with Crippen LogP contribution in [0.4, 0.5) is 0 Å². The summed E-state index contributed by atoms with van der Waals surface area (Å²) in [6.45, 7) is 3.01. The Morgan fingerprint density at radius 1 is 1.78 bits per heavy atom. The summed E-state index contributed by atoms with van der Waals surface area (Å²) in [7, 11) is 0. The van der Waals surface area contributed by atoms with Crippen molar-refractivity contribution in [1.82, 2.24) is 5.32 Å². The molecule has 1 rings (SSSR count). The lowest BCUT2D eigenvalue weighted by Crippen LogP contribution is -2.27. The lowest BCUT2D eigenvalue weighted by Gasteiger charge is -2.11. The molecule has 3 atom stereocenters. The Balaban J connectivity index is 2.30. The van der Waals surface area contributed by atoms with Crippen LogP contribution in [0.3, 0.4) is 0 Å². The fourth-order valence-electron chi connectivity index (χ4n) is 1.11. The van der Waals surface area contributed by atoms with Gasteiger partial charge in [-0.25, -0.2) is 0 Å². The molecule has 0 saturated carbocycles. The molecule has 0 spiro atoms. The van der Waals surface area contributed by atoms with E-state index < -0.39 is 0 Å². The first kappa shape index (κ1) is 7.32. The van der Waals surface area contributed by atoms with E-state index in [0.29, 0.717) is 5.92 Å². The van der Waals surface area contributed by atoms with Crippen molar-refractivity contribution in [1.29, 1.82) is 0 Å². The summed E-state index contributed by atoms with van der Waals surface area (Å²) in [5.74, 6) is 0.576. The van der Waals surface area contributed by atoms with E-state index >= 15 is 0 Å². The molecule has 3 heteroatoms. The van der Waals surface area contributed by atoms with E-state index in [0.717, 1.165) is 13.0 Å². The molecule has 0 radical (unpaired) electrons. The van der Waals surface area contributed by atoms with Crippen LogP contribution >= 0.6 is 11.6 Å². The molecule has 0 bridgehead atoms. The predicted octanol–water partition coefficient (Wildman–Crippen LogP) is 0.508. The summed E-state index contributed by atoms with van der Waals surface area (Å²) < 4.78 is 0. The maximum Gasteiger partial charge on any atom is 0.0829 e. The molecule has 0 aromatic rings. The molecular formula is C6H13ClN2. The molecule has 1 heterocycles. The first-order valence-corrected chi connectivity index (χ1v) is 3.77. The summed E-state index contributed by atoms with van der Waals surface area (Å²) in [4.78, 5) is 0. The minimum Gasteiger partial charge on any atom is -0.328 e. The standard InChI is InChI=1S/C6H13ClN2/c1-4(8)5-2-6(7)9-3-5/h4-6,9H,2-3,8H2,1H3. The molecule has 1 aliphatic heterocycles. The van der Waals surface area contributed by atoms with E-state index in [1.807, 2.05) is 6.92 Å². The minimum absolute atomic E-state index is 0.154. The first-order valence-electron chi connectivity index (χ1n) is 3.33. The van der Waals surface area contributed by atoms with E-state index in [-0.39, 0.29) is 11.5 Å². The molecule has 1 saturated heterocycles. The van der Waals surface area contributed by atoms with Gasteiger partial charge in [0.25, 0.3) is 0 Å². The monoisotopic (exact) mass is 148 g/mol. The van der Waals surface area contributed by atoms with Gasteiger partial charge in [0.05, 0.1) is 5.50 Å². The molecule has 2 nitrogen and oxygen atoms in total. The maximum absolute atomic E-state index is 5.78. The second-order valence-corrected chi connectivity index (χ2v) is 3.26. The Morgan fingerprint density at radius 2 is 2.44 bits per heavy atom. The lowest BCUT2D eigenvalue weighted by atomic mass is 10.0. The van der Waals surface area contributed by atoms with Crippen LogP contribution in [0.5, 0.6) is 0 Å². The van der Waals surface area contributed by atoms with Crippen molar-refractivity contribution in [3.63, 3.8) is 0 Å². The van der Waals surface area contributed by atoms with Crippen LogP contribution in [0.25, 0.3) is 0 Å². The second kappa shape index (κ2) is 2.86. The van der Waals surface area contributed by atoms with Crippen molar-refractivity contribution in [2.45, 2.75) is 24.9 Å². The van der Waals surface area contributed by atoms with Crippen LogP contribution < -0.4 is 11.1 Å². The van der Waals surface area contributed by atoms with Gasteiger partial charge in [-0.15, -0.1) is 11.6 Å². The zero-order valence-corrected chi connectivity index (χ0v) is 6.36. The average Bonchev–Trinajstić information content (AvgIpc) is 2.14. The van der Waals surface area contributed by atoms with Crippen LogP contribution in [0.2, 0.25) is 0 Å². The predicted molar refractivity (Wildman–Crippen MR) is 39.4 cm³/mol. The molecule has 3 N–H and O–H groups in total. The number of hydrogen-bond donors (Lipinski definition) is 2. The summed E-state index contributed by atoms with van der Waals surface area (Å²) in [5.41, 5.74) is 5.81. The first-order chi connectivity index (χ1) is 4.20. The zero-order valence-electron chi connectivity index (χ0n) is 5.60. The van der Waals surface area contributed by atoms with Crippen molar-refractivity contribution in [3.05, 3.63) is 0 Å². The third-order valence-electron chi connectivity index (χ3n) is 1.85. The minimum atomic E-state index is 0.154. The quantitative estimate of drug-likeness (QED) is 0.420. The molecule has 0 aliphatic carbocycles. The van der Waals surface area contributed by atoms with Crippen molar-refractivity contribution >= 4 is 11.6 Å². The number of halogens is 1. The maximum atomic E-state index is 5.78. The van der Waals surface area contributed by atoms with E-state index in [4.69, 9.17) is 17.3 Å². The van der Waals surface area contributed by atoms with Crippen molar-refractivity contribution in [3.8, 4) is 0 Å².